The number of halogens is 1. The Hall–Kier alpha value is -1.01. The molecule has 0 aliphatic carbocycles. The van der Waals surface area contributed by atoms with Crippen LogP contribution in [0.3, 0.4) is 0 Å². The lowest BCUT2D eigenvalue weighted by molar-refractivity contribution is -0.113. The molecule has 0 heterocycles. The van der Waals surface area contributed by atoms with Crippen LogP contribution in [-0.2, 0) is 4.79 Å². The Balaban J connectivity index is 1.94. The predicted octanol–water partition coefficient (Wildman–Crippen LogP) is 4.64. The van der Waals surface area contributed by atoms with Crippen molar-refractivity contribution in [1.29, 1.82) is 0 Å². The lowest BCUT2D eigenvalue weighted by Gasteiger charge is -2.09. The highest BCUT2D eigenvalue weighted by molar-refractivity contribution is 14.1. The van der Waals surface area contributed by atoms with Crippen molar-refractivity contribution in [2.75, 3.05) is 11.1 Å². The average molecular weight is 397 g/mol. The molecule has 0 bridgehead atoms. The molecule has 4 heteroatoms. The highest BCUT2D eigenvalue weighted by Crippen LogP contribution is 2.23. The molecule has 2 aromatic carbocycles. The van der Waals surface area contributed by atoms with Crippen molar-refractivity contribution in [1.82, 2.24) is 0 Å². The van der Waals surface area contributed by atoms with E-state index in [2.05, 4.69) is 47.0 Å². The standard InChI is InChI=1S/C16H16INOS/c1-11-5-3-4-6-15(11)20-10-16(19)18-14-8-7-13(17)9-12(14)2/h3-9H,10H2,1-2H3,(H,18,19). The molecule has 104 valence electrons. The van der Waals surface area contributed by atoms with Gasteiger partial charge in [0.05, 0.1) is 5.75 Å². The van der Waals surface area contributed by atoms with Crippen molar-refractivity contribution in [3.63, 3.8) is 0 Å². The minimum absolute atomic E-state index is 0.0301. The van der Waals surface area contributed by atoms with Gasteiger partial charge in [0.1, 0.15) is 0 Å². The molecule has 1 amide bonds. The van der Waals surface area contributed by atoms with Crippen LogP contribution in [-0.4, -0.2) is 11.7 Å². The fourth-order valence-electron chi connectivity index (χ4n) is 1.82. The molecule has 0 unspecified atom stereocenters. The monoisotopic (exact) mass is 397 g/mol. The molecule has 0 radical (unpaired) electrons. The van der Waals surface area contributed by atoms with Crippen LogP contribution in [0.2, 0.25) is 0 Å². The van der Waals surface area contributed by atoms with Gasteiger partial charge in [-0.15, -0.1) is 11.8 Å². The number of thioether (sulfide) groups is 1. The maximum atomic E-state index is 12.0. The van der Waals surface area contributed by atoms with Gasteiger partial charge in [-0.3, -0.25) is 4.79 Å². The van der Waals surface area contributed by atoms with E-state index in [9.17, 15) is 4.79 Å². The first-order chi connectivity index (χ1) is 9.56. The number of amides is 1. The summed E-state index contributed by atoms with van der Waals surface area (Å²) in [5.74, 6) is 0.457. The summed E-state index contributed by atoms with van der Waals surface area (Å²) in [6, 6.07) is 14.1. The number of carbonyl (C=O) groups is 1. The van der Waals surface area contributed by atoms with E-state index in [0.29, 0.717) is 5.75 Å². The molecule has 0 aromatic heterocycles. The van der Waals surface area contributed by atoms with Crippen molar-refractivity contribution in [2.45, 2.75) is 18.7 Å². The fourth-order valence-corrected chi connectivity index (χ4v) is 3.29. The molecule has 1 N–H and O–H groups in total. The van der Waals surface area contributed by atoms with Crippen molar-refractivity contribution in [3.05, 3.63) is 57.2 Å². The van der Waals surface area contributed by atoms with Crippen molar-refractivity contribution in [3.8, 4) is 0 Å². The van der Waals surface area contributed by atoms with E-state index in [4.69, 9.17) is 0 Å². The number of carbonyl (C=O) groups excluding carboxylic acids is 1. The van der Waals surface area contributed by atoms with Crippen LogP contribution in [0.25, 0.3) is 0 Å². The predicted molar refractivity (Wildman–Crippen MR) is 94.4 cm³/mol. The molecule has 0 saturated heterocycles. The zero-order valence-electron chi connectivity index (χ0n) is 11.4. The summed E-state index contributed by atoms with van der Waals surface area (Å²) in [6.45, 7) is 4.07. The molecule has 2 aromatic rings. The maximum absolute atomic E-state index is 12.0. The summed E-state index contributed by atoms with van der Waals surface area (Å²) in [4.78, 5) is 13.2. The van der Waals surface area contributed by atoms with Gasteiger partial charge < -0.3 is 5.32 Å². The van der Waals surface area contributed by atoms with E-state index < -0.39 is 0 Å². The van der Waals surface area contributed by atoms with Gasteiger partial charge in [0.25, 0.3) is 0 Å². The first-order valence-electron chi connectivity index (χ1n) is 6.30. The van der Waals surface area contributed by atoms with Gasteiger partial charge in [-0.1, -0.05) is 18.2 Å². The highest BCUT2D eigenvalue weighted by Gasteiger charge is 2.07. The van der Waals surface area contributed by atoms with Crippen LogP contribution in [0.5, 0.6) is 0 Å². The largest absolute Gasteiger partial charge is 0.325 e. The summed E-state index contributed by atoms with van der Waals surface area (Å²) in [6.07, 6.45) is 0. The van der Waals surface area contributed by atoms with Gasteiger partial charge in [-0.05, 0) is 71.8 Å². The quantitative estimate of drug-likeness (QED) is 0.602. The van der Waals surface area contributed by atoms with Crippen LogP contribution < -0.4 is 5.32 Å². The van der Waals surface area contributed by atoms with E-state index in [1.54, 1.807) is 11.8 Å². The van der Waals surface area contributed by atoms with Crippen LogP contribution in [0, 0.1) is 17.4 Å². The SMILES string of the molecule is Cc1cc(I)ccc1NC(=O)CSc1ccccc1C. The van der Waals surface area contributed by atoms with E-state index in [1.165, 1.54) is 9.13 Å². The average Bonchev–Trinajstić information content (AvgIpc) is 2.41. The molecule has 2 nitrogen and oxygen atoms in total. The maximum Gasteiger partial charge on any atom is 0.234 e. The lowest BCUT2D eigenvalue weighted by Crippen LogP contribution is -2.14. The van der Waals surface area contributed by atoms with Gasteiger partial charge in [-0.2, -0.15) is 0 Å². The van der Waals surface area contributed by atoms with Crippen molar-refractivity contribution in [2.24, 2.45) is 0 Å². The number of anilines is 1. The Morgan fingerprint density at radius 1 is 1.15 bits per heavy atom. The van der Waals surface area contributed by atoms with E-state index in [1.807, 2.05) is 37.3 Å². The number of hydrogen-bond donors (Lipinski definition) is 1. The molecule has 0 atom stereocenters. The first-order valence-corrected chi connectivity index (χ1v) is 8.37. The van der Waals surface area contributed by atoms with Crippen LogP contribution >= 0.6 is 34.4 Å². The Morgan fingerprint density at radius 2 is 1.90 bits per heavy atom. The van der Waals surface area contributed by atoms with Gasteiger partial charge in [-0.25, -0.2) is 0 Å². The molecule has 0 spiro atoms. The number of rotatable bonds is 4. The third kappa shape index (κ3) is 4.24. The van der Waals surface area contributed by atoms with E-state index >= 15 is 0 Å². The van der Waals surface area contributed by atoms with Gasteiger partial charge in [0.15, 0.2) is 0 Å². The van der Waals surface area contributed by atoms with Crippen molar-refractivity contribution < 1.29 is 4.79 Å². The number of benzene rings is 2. The van der Waals surface area contributed by atoms with Gasteiger partial charge in [0, 0.05) is 14.2 Å². The third-order valence-corrected chi connectivity index (χ3v) is 4.76. The Morgan fingerprint density at radius 3 is 2.60 bits per heavy atom. The lowest BCUT2D eigenvalue weighted by atomic mass is 10.2. The zero-order valence-corrected chi connectivity index (χ0v) is 14.4. The molecular formula is C16H16INOS. The topological polar surface area (TPSA) is 29.1 Å². The minimum Gasteiger partial charge on any atom is -0.325 e. The summed E-state index contributed by atoms with van der Waals surface area (Å²) < 4.78 is 1.17. The summed E-state index contributed by atoms with van der Waals surface area (Å²) in [5, 5.41) is 2.96. The van der Waals surface area contributed by atoms with Crippen LogP contribution in [0.15, 0.2) is 47.4 Å². The van der Waals surface area contributed by atoms with E-state index in [0.717, 1.165) is 16.1 Å². The molecular weight excluding hydrogens is 381 g/mol. The van der Waals surface area contributed by atoms with Gasteiger partial charge >= 0.3 is 0 Å². The molecule has 20 heavy (non-hydrogen) atoms. The second-order valence-corrected chi connectivity index (χ2v) is 6.82. The Bertz CT molecular complexity index is 628. The Kier molecular flexibility index (Phi) is 5.48. The molecule has 2 rings (SSSR count). The zero-order chi connectivity index (χ0) is 14.5. The third-order valence-electron chi connectivity index (χ3n) is 2.91. The number of hydrogen-bond acceptors (Lipinski definition) is 2. The Labute approximate surface area is 137 Å². The summed E-state index contributed by atoms with van der Waals surface area (Å²) in [5.41, 5.74) is 3.18. The van der Waals surface area contributed by atoms with Crippen LogP contribution in [0.4, 0.5) is 5.69 Å². The summed E-state index contributed by atoms with van der Waals surface area (Å²) in [7, 11) is 0. The molecule has 0 saturated carbocycles. The second-order valence-electron chi connectivity index (χ2n) is 4.56. The number of nitrogens with one attached hydrogen (secondary N) is 1. The van der Waals surface area contributed by atoms with Crippen molar-refractivity contribution >= 4 is 45.9 Å². The molecule has 0 aliphatic heterocycles. The fraction of sp³-hybridized carbons (Fsp3) is 0.188. The van der Waals surface area contributed by atoms with Crippen LogP contribution in [0.1, 0.15) is 11.1 Å². The first kappa shape index (κ1) is 15.4. The summed E-state index contributed by atoms with van der Waals surface area (Å²) >= 11 is 3.84. The smallest absolute Gasteiger partial charge is 0.234 e. The minimum atomic E-state index is 0.0301. The second kappa shape index (κ2) is 7.13. The molecule has 0 aliphatic rings. The van der Waals surface area contributed by atoms with Gasteiger partial charge in [0.2, 0.25) is 5.91 Å². The highest BCUT2D eigenvalue weighted by atomic mass is 127. The normalized spacial score (nSPS) is 10.3. The van der Waals surface area contributed by atoms with E-state index in [-0.39, 0.29) is 5.91 Å². The molecule has 0 fully saturated rings. The number of aryl methyl sites for hydroxylation is 2.